The van der Waals surface area contributed by atoms with E-state index >= 15 is 0 Å². The van der Waals surface area contributed by atoms with Gasteiger partial charge in [-0.1, -0.05) is 18.1 Å². The van der Waals surface area contributed by atoms with E-state index in [1.165, 1.54) is 22.9 Å². The van der Waals surface area contributed by atoms with E-state index in [0.717, 1.165) is 10.4 Å². The Labute approximate surface area is 186 Å². The molecule has 1 unspecified atom stereocenters. The number of allylic oxidation sites excluding steroid dienone is 1. The molecule has 1 aromatic heterocycles. The summed E-state index contributed by atoms with van der Waals surface area (Å²) in [5.74, 6) is -0.562. The fourth-order valence-electron chi connectivity index (χ4n) is 3.15. The number of benzene rings is 1. The molecule has 0 spiro atoms. The molecule has 1 heterocycles. The lowest BCUT2D eigenvalue weighted by Gasteiger charge is -2.25. The Bertz CT molecular complexity index is 1180. The topological polar surface area (TPSA) is 124 Å². The van der Waals surface area contributed by atoms with Gasteiger partial charge in [-0.2, -0.15) is 12.7 Å². The summed E-state index contributed by atoms with van der Waals surface area (Å²) < 4.78 is 45.3. The van der Waals surface area contributed by atoms with Crippen molar-refractivity contribution < 1.29 is 23.0 Å². The van der Waals surface area contributed by atoms with Gasteiger partial charge in [0, 0.05) is 30.5 Å². The highest BCUT2D eigenvalue weighted by molar-refractivity contribution is 7.90. The predicted octanol–water partition coefficient (Wildman–Crippen LogP) is -0.0457. The van der Waals surface area contributed by atoms with Crippen LogP contribution in [0.5, 0.6) is 0 Å². The van der Waals surface area contributed by atoms with Crippen molar-refractivity contribution >= 4 is 46.3 Å². The Morgan fingerprint density at radius 1 is 1.34 bits per heavy atom. The van der Waals surface area contributed by atoms with Crippen molar-refractivity contribution in [2.24, 2.45) is 0 Å². The zero-order valence-corrected chi connectivity index (χ0v) is 18.7. The molecule has 0 aliphatic heterocycles. The fourth-order valence-corrected chi connectivity index (χ4v) is 4.68. The predicted molar refractivity (Wildman–Crippen MR) is 125 cm³/mol. The number of aromatic nitrogens is 1. The van der Waals surface area contributed by atoms with E-state index in [1.807, 2.05) is 0 Å². The zero-order valence-electron chi connectivity index (χ0n) is 17.9. The van der Waals surface area contributed by atoms with Crippen LogP contribution in [0, 0.1) is 5.82 Å². The molecule has 172 valence electrons. The normalized spacial score (nSPS) is 14.9. The maximum Gasteiger partial charge on any atom is 0.302 e. The summed E-state index contributed by atoms with van der Waals surface area (Å²) in [6, 6.07) is 5.32. The van der Waals surface area contributed by atoms with Crippen LogP contribution in [0.25, 0.3) is 5.70 Å². The van der Waals surface area contributed by atoms with Crippen LogP contribution in [0.15, 0.2) is 41.8 Å². The number of nitrogens with one attached hydrogen (secondary N) is 2. The second-order valence-corrected chi connectivity index (χ2v) is 9.52. The first kappa shape index (κ1) is 24.0. The van der Waals surface area contributed by atoms with Gasteiger partial charge < -0.3 is 15.5 Å². The third kappa shape index (κ3) is 5.57. The first-order valence-corrected chi connectivity index (χ1v) is 11.5. The van der Waals surface area contributed by atoms with Crippen LogP contribution in [0.4, 0.5) is 21.5 Å². The van der Waals surface area contributed by atoms with Crippen molar-refractivity contribution in [2.45, 2.75) is 31.9 Å². The van der Waals surface area contributed by atoms with Crippen LogP contribution in [0.2, 0.25) is 0 Å². The zero-order chi connectivity index (χ0) is 23.6. The van der Waals surface area contributed by atoms with Crippen molar-refractivity contribution in [1.82, 2.24) is 8.87 Å². The van der Waals surface area contributed by atoms with E-state index in [1.54, 1.807) is 20.8 Å². The molecule has 12 heteroatoms. The van der Waals surface area contributed by atoms with Crippen molar-refractivity contribution in [3.05, 3.63) is 53.2 Å². The third-order valence-corrected chi connectivity index (χ3v) is 6.50. The van der Waals surface area contributed by atoms with Crippen LogP contribution < -0.4 is 21.1 Å². The van der Waals surface area contributed by atoms with Crippen LogP contribution in [-0.4, -0.2) is 60.6 Å². The van der Waals surface area contributed by atoms with Gasteiger partial charge in [0.15, 0.2) is 0 Å². The molecular weight excluding hydrogens is 438 g/mol. The van der Waals surface area contributed by atoms with Crippen molar-refractivity contribution in [3.63, 3.8) is 0 Å². The van der Waals surface area contributed by atoms with E-state index < -0.39 is 34.3 Å². The van der Waals surface area contributed by atoms with E-state index in [9.17, 15) is 22.7 Å². The van der Waals surface area contributed by atoms with Crippen LogP contribution in [0.3, 0.4) is 0 Å². The quantitative estimate of drug-likeness (QED) is 0.366. The summed E-state index contributed by atoms with van der Waals surface area (Å²) in [7, 11) is -2.44. The monoisotopic (exact) mass is 464 g/mol. The molecule has 9 nitrogen and oxygen atoms in total. The van der Waals surface area contributed by atoms with Crippen LogP contribution >= 0.6 is 0 Å². The molecule has 1 aromatic carbocycles. The maximum absolute atomic E-state index is 14.4. The highest BCUT2D eigenvalue weighted by Gasteiger charge is 2.38. The molecule has 2 aromatic rings. The largest absolute Gasteiger partial charge is 0.394 e. The summed E-state index contributed by atoms with van der Waals surface area (Å²) in [6.07, 6.45) is 1.29. The fraction of sp³-hybridized carbons (Fsp3) is 0.350. The number of halogens is 1. The summed E-state index contributed by atoms with van der Waals surface area (Å²) >= 11 is 0. The lowest BCUT2D eigenvalue weighted by molar-refractivity contribution is 0.0776. The highest BCUT2D eigenvalue weighted by atomic mass is 32.2. The van der Waals surface area contributed by atoms with Crippen LogP contribution in [-0.2, 0) is 10.2 Å². The number of anilines is 3. The van der Waals surface area contributed by atoms with E-state index in [2.05, 4.69) is 16.6 Å². The minimum Gasteiger partial charge on any atom is -0.394 e. The minimum atomic E-state index is -4.17. The first-order valence-electron chi connectivity index (χ1n) is 10.1. The summed E-state index contributed by atoms with van der Waals surface area (Å²) in [5, 5.41) is 21.7. The van der Waals surface area contributed by atoms with Gasteiger partial charge in [0.05, 0.1) is 29.8 Å². The van der Waals surface area contributed by atoms with Gasteiger partial charge in [0.25, 0.3) is 5.56 Å². The van der Waals surface area contributed by atoms with Gasteiger partial charge >= 0.3 is 10.2 Å². The molecule has 1 saturated carbocycles. The Morgan fingerprint density at radius 3 is 2.59 bits per heavy atom. The van der Waals surface area contributed by atoms with Gasteiger partial charge in [-0.25, -0.2) is 4.39 Å². The second kappa shape index (κ2) is 9.45. The van der Waals surface area contributed by atoms with E-state index in [0.29, 0.717) is 24.0 Å². The molecule has 0 radical (unpaired) electrons. The third-order valence-electron chi connectivity index (χ3n) is 4.96. The number of aliphatic hydroxyl groups excluding tert-OH is 2. The Hall–Kier alpha value is -2.67. The number of rotatable bonds is 10. The average molecular weight is 464 g/mol. The van der Waals surface area contributed by atoms with Gasteiger partial charge in [-0.15, -0.1) is 0 Å². The number of nitrogens with zero attached hydrogens (tertiary/aromatic N) is 2. The van der Waals surface area contributed by atoms with E-state index in [4.69, 9.17) is 5.11 Å². The van der Waals surface area contributed by atoms with Gasteiger partial charge in [0.1, 0.15) is 13.7 Å². The van der Waals surface area contributed by atoms with Crippen molar-refractivity contribution in [2.75, 3.05) is 23.2 Å². The van der Waals surface area contributed by atoms with Crippen molar-refractivity contribution in [1.29, 1.82) is 0 Å². The average Bonchev–Trinajstić information content (AvgIpc) is 3.54. The SMILES string of the molecule is Bc1ccc(Nc2cc(=O)n(C(=C)C)cc2NS(=O)(=O)N(CC(O)CO)C2CC2)c(F)c1. The van der Waals surface area contributed by atoms with E-state index in [-0.39, 0.29) is 29.6 Å². The van der Waals surface area contributed by atoms with Gasteiger partial charge in [0.2, 0.25) is 0 Å². The summed E-state index contributed by atoms with van der Waals surface area (Å²) in [5.41, 5.74) is 0.699. The minimum absolute atomic E-state index is 0.00304. The maximum atomic E-state index is 14.4. The number of aliphatic hydroxyl groups is 2. The standard InChI is InChI=1S/C20H26BFN4O5S/c1-12(2)25-10-19(24-32(30,31)26(14-4-5-14)9-15(28)11-27)18(8-20(25)29)23-17-6-3-13(21)7-16(17)22/h3,6-8,10,14-15,23-24,27-28H,1,4-5,9,11,21H2,2H3. The molecule has 1 aliphatic carbocycles. The molecule has 0 bridgehead atoms. The smallest absolute Gasteiger partial charge is 0.302 e. The molecule has 0 amide bonds. The summed E-state index contributed by atoms with van der Waals surface area (Å²) in [6.45, 7) is 4.43. The number of hydrogen-bond donors (Lipinski definition) is 4. The molecule has 3 rings (SSSR count). The highest BCUT2D eigenvalue weighted by Crippen LogP contribution is 2.32. The first-order chi connectivity index (χ1) is 15.0. The lowest BCUT2D eigenvalue weighted by atomic mass is 9.96. The molecule has 32 heavy (non-hydrogen) atoms. The van der Waals surface area contributed by atoms with Crippen molar-refractivity contribution in [3.8, 4) is 0 Å². The lowest BCUT2D eigenvalue weighted by Crippen LogP contribution is -2.43. The second-order valence-electron chi connectivity index (χ2n) is 7.90. The Balaban J connectivity index is 2.02. The Morgan fingerprint density at radius 2 is 2.03 bits per heavy atom. The Kier molecular flexibility index (Phi) is 7.08. The van der Waals surface area contributed by atoms with Gasteiger partial charge in [-0.05, 0) is 31.9 Å². The molecule has 0 saturated heterocycles. The summed E-state index contributed by atoms with van der Waals surface area (Å²) in [4.78, 5) is 12.5. The van der Waals surface area contributed by atoms with Crippen LogP contribution in [0.1, 0.15) is 19.8 Å². The molecule has 1 aliphatic rings. The molecule has 4 N–H and O–H groups in total. The molecule has 1 fully saturated rings. The molecule has 1 atom stereocenters. The number of pyridine rings is 1. The molecular formula is C20H26BFN4O5S. The van der Waals surface area contributed by atoms with Gasteiger partial charge in [-0.3, -0.25) is 14.1 Å². The number of hydrogen-bond acceptors (Lipinski definition) is 6.